The van der Waals surface area contributed by atoms with Crippen LogP contribution >= 0.6 is 11.8 Å². The minimum absolute atomic E-state index is 0.682. The van der Waals surface area contributed by atoms with Crippen molar-refractivity contribution < 1.29 is 0 Å². The predicted octanol–water partition coefficient (Wildman–Crippen LogP) is 1.79. The van der Waals surface area contributed by atoms with E-state index in [4.69, 9.17) is 0 Å². The SMILES string of the molecule is Cc1cc(C)nc(N2CC3CC2CS3)n1. The van der Waals surface area contributed by atoms with Gasteiger partial charge in [0.15, 0.2) is 0 Å². The highest BCUT2D eigenvalue weighted by molar-refractivity contribution is 8.00. The largest absolute Gasteiger partial charge is 0.336 e. The molecule has 3 nitrogen and oxygen atoms in total. The predicted molar refractivity (Wildman–Crippen MR) is 63.5 cm³/mol. The average Bonchev–Trinajstić information content (AvgIpc) is 2.76. The van der Waals surface area contributed by atoms with Crippen LogP contribution in [0.1, 0.15) is 17.8 Å². The Hall–Kier alpha value is -0.770. The molecule has 2 bridgehead atoms. The second kappa shape index (κ2) is 3.37. The van der Waals surface area contributed by atoms with Crippen molar-refractivity contribution in [3.63, 3.8) is 0 Å². The zero-order valence-corrected chi connectivity index (χ0v) is 9.92. The monoisotopic (exact) mass is 221 g/mol. The molecule has 2 atom stereocenters. The third-order valence-electron chi connectivity index (χ3n) is 3.13. The molecule has 2 aliphatic rings. The molecule has 3 rings (SSSR count). The molecule has 80 valence electrons. The van der Waals surface area contributed by atoms with Gasteiger partial charge in [-0.1, -0.05) is 0 Å². The quantitative estimate of drug-likeness (QED) is 0.723. The number of fused-ring (bicyclic) bond motifs is 2. The Morgan fingerprint density at radius 3 is 2.60 bits per heavy atom. The van der Waals surface area contributed by atoms with Gasteiger partial charge in [0.25, 0.3) is 0 Å². The molecule has 2 fully saturated rings. The molecule has 0 N–H and O–H groups in total. The lowest BCUT2D eigenvalue weighted by Gasteiger charge is -2.26. The van der Waals surface area contributed by atoms with E-state index in [2.05, 4.69) is 26.6 Å². The number of nitrogens with zero attached hydrogens (tertiary/aromatic N) is 3. The first-order valence-electron chi connectivity index (χ1n) is 5.43. The molecule has 0 saturated carbocycles. The first-order chi connectivity index (χ1) is 7.22. The van der Waals surface area contributed by atoms with Crippen molar-refractivity contribution in [1.82, 2.24) is 9.97 Å². The van der Waals surface area contributed by atoms with Gasteiger partial charge in [-0.3, -0.25) is 0 Å². The summed E-state index contributed by atoms with van der Waals surface area (Å²) in [6, 6.07) is 2.72. The molecule has 0 aromatic carbocycles. The van der Waals surface area contributed by atoms with E-state index in [0.29, 0.717) is 6.04 Å². The molecule has 1 aromatic heterocycles. The van der Waals surface area contributed by atoms with Crippen molar-refractivity contribution in [2.75, 3.05) is 17.2 Å². The fourth-order valence-electron chi connectivity index (χ4n) is 2.48. The fourth-order valence-corrected chi connectivity index (χ4v) is 3.91. The second-order valence-electron chi connectivity index (χ2n) is 4.45. The summed E-state index contributed by atoms with van der Waals surface area (Å²) in [6.45, 7) is 5.22. The molecule has 0 radical (unpaired) electrons. The van der Waals surface area contributed by atoms with Crippen LogP contribution in [-0.2, 0) is 0 Å². The Labute approximate surface area is 94.3 Å². The molecule has 1 aromatic rings. The van der Waals surface area contributed by atoms with Crippen LogP contribution in [0.2, 0.25) is 0 Å². The molecule has 3 heterocycles. The summed E-state index contributed by atoms with van der Waals surface area (Å²) < 4.78 is 0. The van der Waals surface area contributed by atoms with Crippen LogP contribution in [0, 0.1) is 13.8 Å². The third kappa shape index (κ3) is 1.61. The van der Waals surface area contributed by atoms with Gasteiger partial charge in [0.05, 0.1) is 0 Å². The van der Waals surface area contributed by atoms with Gasteiger partial charge in [-0.2, -0.15) is 11.8 Å². The topological polar surface area (TPSA) is 29.0 Å². The van der Waals surface area contributed by atoms with Crippen LogP contribution in [0.25, 0.3) is 0 Å². The standard InChI is InChI=1S/C11H15N3S/c1-7-3-8(2)13-11(12-7)14-5-10-4-9(14)6-15-10/h3,9-10H,4-6H2,1-2H3. The summed E-state index contributed by atoms with van der Waals surface area (Å²) in [4.78, 5) is 11.5. The van der Waals surface area contributed by atoms with Gasteiger partial charge in [-0.25, -0.2) is 9.97 Å². The van der Waals surface area contributed by atoms with Gasteiger partial charge < -0.3 is 4.90 Å². The summed E-state index contributed by atoms with van der Waals surface area (Å²) in [5.74, 6) is 2.20. The van der Waals surface area contributed by atoms with Crippen molar-refractivity contribution in [2.24, 2.45) is 0 Å². The maximum Gasteiger partial charge on any atom is 0.226 e. The zero-order chi connectivity index (χ0) is 10.4. The third-order valence-corrected chi connectivity index (χ3v) is 4.52. The number of aromatic nitrogens is 2. The molecular formula is C11H15N3S. The maximum absolute atomic E-state index is 4.54. The van der Waals surface area contributed by atoms with Gasteiger partial charge in [-0.15, -0.1) is 0 Å². The van der Waals surface area contributed by atoms with Gasteiger partial charge >= 0.3 is 0 Å². The smallest absolute Gasteiger partial charge is 0.226 e. The van der Waals surface area contributed by atoms with Crippen molar-refractivity contribution in [3.8, 4) is 0 Å². The van der Waals surface area contributed by atoms with E-state index in [0.717, 1.165) is 29.1 Å². The molecule has 2 saturated heterocycles. The lowest BCUT2D eigenvalue weighted by atomic mass is 10.2. The fraction of sp³-hybridized carbons (Fsp3) is 0.636. The van der Waals surface area contributed by atoms with Crippen LogP contribution in [0.3, 0.4) is 0 Å². The van der Waals surface area contributed by atoms with Gasteiger partial charge in [-0.05, 0) is 26.3 Å². The summed E-state index contributed by atoms with van der Waals surface area (Å²) in [5, 5.41) is 0.819. The highest BCUT2D eigenvalue weighted by Crippen LogP contribution is 2.38. The molecule has 15 heavy (non-hydrogen) atoms. The Bertz CT molecular complexity index is 373. The number of rotatable bonds is 1. The van der Waals surface area contributed by atoms with E-state index >= 15 is 0 Å². The first kappa shape index (κ1) is 9.46. The highest BCUT2D eigenvalue weighted by Gasteiger charge is 2.39. The van der Waals surface area contributed by atoms with E-state index in [-0.39, 0.29) is 0 Å². The number of thioether (sulfide) groups is 1. The Morgan fingerprint density at radius 2 is 2.07 bits per heavy atom. The van der Waals surface area contributed by atoms with Gasteiger partial charge in [0, 0.05) is 35.0 Å². The number of hydrogen-bond acceptors (Lipinski definition) is 4. The van der Waals surface area contributed by atoms with Crippen molar-refractivity contribution in [1.29, 1.82) is 0 Å². The molecule has 0 spiro atoms. The molecule has 0 amide bonds. The van der Waals surface area contributed by atoms with Gasteiger partial charge in [0.2, 0.25) is 5.95 Å². The van der Waals surface area contributed by atoms with Gasteiger partial charge in [0.1, 0.15) is 0 Å². The van der Waals surface area contributed by atoms with E-state index in [1.165, 1.54) is 12.2 Å². The van der Waals surface area contributed by atoms with Crippen LogP contribution in [-0.4, -0.2) is 33.6 Å². The summed E-state index contributed by atoms with van der Waals surface area (Å²) in [5.41, 5.74) is 2.15. The van der Waals surface area contributed by atoms with E-state index in [9.17, 15) is 0 Å². The average molecular weight is 221 g/mol. The Kier molecular flexibility index (Phi) is 2.12. The molecule has 2 unspecified atom stereocenters. The van der Waals surface area contributed by atoms with Crippen molar-refractivity contribution >= 4 is 17.7 Å². The molecule has 4 heteroatoms. The minimum Gasteiger partial charge on any atom is -0.336 e. The Balaban J connectivity index is 1.93. The van der Waals surface area contributed by atoms with E-state index in [1.54, 1.807) is 0 Å². The summed E-state index contributed by atoms with van der Waals surface area (Å²) in [6.07, 6.45) is 1.32. The van der Waals surface area contributed by atoms with E-state index in [1.807, 2.05) is 19.9 Å². The van der Waals surface area contributed by atoms with Crippen molar-refractivity contribution in [2.45, 2.75) is 31.6 Å². The van der Waals surface area contributed by atoms with Crippen LogP contribution in [0.4, 0.5) is 5.95 Å². The minimum atomic E-state index is 0.682. The van der Waals surface area contributed by atoms with E-state index < -0.39 is 0 Å². The summed E-state index contributed by atoms with van der Waals surface area (Å²) >= 11 is 2.10. The lowest BCUT2D eigenvalue weighted by molar-refractivity contribution is 0.734. The van der Waals surface area contributed by atoms with Crippen LogP contribution < -0.4 is 4.90 Å². The van der Waals surface area contributed by atoms with Crippen LogP contribution in [0.15, 0.2) is 6.07 Å². The number of anilines is 1. The second-order valence-corrected chi connectivity index (χ2v) is 5.78. The molecule has 0 aliphatic carbocycles. The highest BCUT2D eigenvalue weighted by atomic mass is 32.2. The molecular weight excluding hydrogens is 206 g/mol. The number of hydrogen-bond donors (Lipinski definition) is 0. The first-order valence-corrected chi connectivity index (χ1v) is 6.48. The molecule has 2 aliphatic heterocycles. The summed E-state index contributed by atoms with van der Waals surface area (Å²) in [7, 11) is 0. The normalized spacial score (nSPS) is 28.8. The Morgan fingerprint density at radius 1 is 1.33 bits per heavy atom. The lowest BCUT2D eigenvalue weighted by Crippen LogP contribution is -2.35. The number of aryl methyl sites for hydroxylation is 2. The maximum atomic E-state index is 4.54. The van der Waals surface area contributed by atoms with Crippen molar-refractivity contribution in [3.05, 3.63) is 17.5 Å². The van der Waals surface area contributed by atoms with Crippen LogP contribution in [0.5, 0.6) is 0 Å². The zero-order valence-electron chi connectivity index (χ0n) is 9.10.